The van der Waals surface area contributed by atoms with Crippen molar-refractivity contribution in [3.63, 3.8) is 0 Å². The van der Waals surface area contributed by atoms with E-state index in [4.69, 9.17) is 14.6 Å². The molecule has 0 saturated carbocycles. The zero-order valence-corrected chi connectivity index (χ0v) is 8.89. The van der Waals surface area contributed by atoms with E-state index in [2.05, 4.69) is 0 Å². The average molecular weight is 216 g/mol. The highest BCUT2D eigenvalue weighted by molar-refractivity contribution is 7.12. The molecule has 0 bridgehead atoms. The number of rotatable bonds is 5. The molecule has 0 saturated heterocycles. The molecule has 0 radical (unpaired) electrons. The molecule has 1 N–H and O–H groups in total. The first-order valence-electron chi connectivity index (χ1n) is 4.10. The maximum absolute atomic E-state index is 10.8. The molecule has 1 aromatic rings. The molecule has 0 atom stereocenters. The summed E-state index contributed by atoms with van der Waals surface area (Å²) >= 11 is 1.18. The van der Waals surface area contributed by atoms with E-state index in [0.29, 0.717) is 19.0 Å². The van der Waals surface area contributed by atoms with E-state index in [1.807, 2.05) is 6.92 Å². The summed E-state index contributed by atoms with van der Waals surface area (Å²) in [6, 6.07) is 0. The van der Waals surface area contributed by atoms with Crippen molar-refractivity contribution in [2.24, 2.45) is 0 Å². The van der Waals surface area contributed by atoms with Gasteiger partial charge in [0.1, 0.15) is 12.4 Å². The van der Waals surface area contributed by atoms with Gasteiger partial charge in [0.05, 0.1) is 6.61 Å². The maximum atomic E-state index is 10.8. The fourth-order valence-electron chi connectivity index (χ4n) is 0.987. The molecule has 78 valence electrons. The number of hydrogen-bond donors (Lipinski definition) is 1. The monoisotopic (exact) mass is 216 g/mol. The third-order valence-electron chi connectivity index (χ3n) is 1.65. The van der Waals surface area contributed by atoms with Crippen molar-refractivity contribution < 1.29 is 19.4 Å². The summed E-state index contributed by atoms with van der Waals surface area (Å²) in [5.41, 5.74) is 0.850. The first-order valence-corrected chi connectivity index (χ1v) is 4.98. The van der Waals surface area contributed by atoms with Gasteiger partial charge in [-0.1, -0.05) is 0 Å². The molecule has 0 aromatic carbocycles. The van der Waals surface area contributed by atoms with Crippen molar-refractivity contribution in [1.82, 2.24) is 0 Å². The predicted molar refractivity (Wildman–Crippen MR) is 53.4 cm³/mol. The fourth-order valence-corrected chi connectivity index (χ4v) is 1.82. The minimum absolute atomic E-state index is 0.249. The van der Waals surface area contributed by atoms with Gasteiger partial charge in [-0.25, -0.2) is 4.79 Å². The summed E-state index contributed by atoms with van der Waals surface area (Å²) < 4.78 is 10.1. The fraction of sp³-hybridized carbons (Fsp3) is 0.444. The number of hydrogen-bond acceptors (Lipinski definition) is 4. The highest BCUT2D eigenvalue weighted by Crippen LogP contribution is 2.29. The number of methoxy groups -OCH3 is 1. The molecule has 0 spiro atoms. The minimum atomic E-state index is -0.949. The van der Waals surface area contributed by atoms with Gasteiger partial charge >= 0.3 is 5.97 Å². The zero-order valence-electron chi connectivity index (χ0n) is 8.07. The van der Waals surface area contributed by atoms with E-state index in [1.54, 1.807) is 12.5 Å². The van der Waals surface area contributed by atoms with Crippen molar-refractivity contribution in [2.75, 3.05) is 20.3 Å². The second kappa shape index (κ2) is 4.97. The van der Waals surface area contributed by atoms with E-state index in [0.717, 1.165) is 5.56 Å². The van der Waals surface area contributed by atoms with Gasteiger partial charge in [0.25, 0.3) is 0 Å². The highest BCUT2D eigenvalue weighted by Gasteiger charge is 2.16. The van der Waals surface area contributed by atoms with Crippen molar-refractivity contribution in [1.29, 1.82) is 0 Å². The first kappa shape index (κ1) is 11.0. The van der Waals surface area contributed by atoms with E-state index < -0.39 is 5.97 Å². The van der Waals surface area contributed by atoms with Crippen LogP contribution in [0.25, 0.3) is 0 Å². The molecule has 5 heteroatoms. The Labute approximate surface area is 86.1 Å². The number of carboxylic acid groups (broad SMARTS) is 1. The standard InChI is InChI=1S/C9H12O4S/c1-6-5-14-8(9(10)11)7(6)13-4-3-12-2/h5H,3-4H2,1-2H3,(H,10,11). The van der Waals surface area contributed by atoms with Gasteiger partial charge in [-0.2, -0.15) is 0 Å². The third kappa shape index (κ3) is 2.46. The lowest BCUT2D eigenvalue weighted by Crippen LogP contribution is -2.07. The predicted octanol–water partition coefficient (Wildman–Crippen LogP) is 1.78. The van der Waals surface area contributed by atoms with Crippen LogP contribution >= 0.6 is 11.3 Å². The molecular weight excluding hydrogens is 204 g/mol. The van der Waals surface area contributed by atoms with Gasteiger partial charge in [-0.15, -0.1) is 11.3 Å². The van der Waals surface area contributed by atoms with Gasteiger partial charge in [-0.05, 0) is 12.3 Å². The molecule has 1 aromatic heterocycles. The van der Waals surface area contributed by atoms with E-state index >= 15 is 0 Å². The molecule has 0 unspecified atom stereocenters. The van der Waals surface area contributed by atoms with Crippen LogP contribution in [0.2, 0.25) is 0 Å². The molecule has 14 heavy (non-hydrogen) atoms. The van der Waals surface area contributed by atoms with Crippen LogP contribution in [0.4, 0.5) is 0 Å². The van der Waals surface area contributed by atoms with Gasteiger partial charge in [0.2, 0.25) is 0 Å². The van der Waals surface area contributed by atoms with Crippen LogP contribution in [0.1, 0.15) is 15.2 Å². The van der Waals surface area contributed by atoms with Gasteiger partial charge in [0, 0.05) is 12.7 Å². The van der Waals surface area contributed by atoms with E-state index in [9.17, 15) is 4.79 Å². The SMILES string of the molecule is COCCOc1c(C)csc1C(=O)O. The Kier molecular flexibility index (Phi) is 3.91. The van der Waals surface area contributed by atoms with Crippen molar-refractivity contribution in [2.45, 2.75) is 6.92 Å². The number of carbonyl (C=O) groups is 1. The Bertz CT molecular complexity index is 319. The van der Waals surface area contributed by atoms with Crippen LogP contribution in [-0.4, -0.2) is 31.4 Å². The average Bonchev–Trinajstić information content (AvgIpc) is 2.48. The molecule has 0 aliphatic heterocycles. The summed E-state index contributed by atoms with van der Waals surface area (Å²) in [5.74, 6) is -0.491. The molecule has 0 aliphatic rings. The molecule has 0 amide bonds. The van der Waals surface area contributed by atoms with Crippen LogP contribution in [0, 0.1) is 6.92 Å². The van der Waals surface area contributed by atoms with Crippen LogP contribution in [0.5, 0.6) is 5.75 Å². The van der Waals surface area contributed by atoms with Crippen molar-refractivity contribution in [3.05, 3.63) is 15.8 Å². The minimum Gasteiger partial charge on any atom is -0.489 e. The second-order valence-electron chi connectivity index (χ2n) is 2.72. The lowest BCUT2D eigenvalue weighted by Gasteiger charge is -2.05. The highest BCUT2D eigenvalue weighted by atomic mass is 32.1. The molecule has 0 aliphatic carbocycles. The first-order chi connectivity index (χ1) is 6.66. The maximum Gasteiger partial charge on any atom is 0.349 e. The van der Waals surface area contributed by atoms with Crippen LogP contribution in [0.15, 0.2) is 5.38 Å². The lowest BCUT2D eigenvalue weighted by molar-refractivity contribution is 0.0695. The smallest absolute Gasteiger partial charge is 0.349 e. The van der Waals surface area contributed by atoms with Crippen LogP contribution in [0.3, 0.4) is 0 Å². The second-order valence-corrected chi connectivity index (χ2v) is 3.60. The molecule has 0 fully saturated rings. The number of aryl methyl sites for hydroxylation is 1. The van der Waals surface area contributed by atoms with Crippen molar-refractivity contribution >= 4 is 17.3 Å². The number of carboxylic acids is 1. The Morgan fingerprint density at radius 3 is 2.86 bits per heavy atom. The Morgan fingerprint density at radius 1 is 1.57 bits per heavy atom. The summed E-state index contributed by atoms with van der Waals surface area (Å²) in [6.45, 7) is 2.65. The zero-order chi connectivity index (χ0) is 10.6. The molecule has 1 rings (SSSR count). The van der Waals surface area contributed by atoms with Crippen molar-refractivity contribution in [3.8, 4) is 5.75 Å². The summed E-state index contributed by atoms with van der Waals surface area (Å²) in [6.07, 6.45) is 0. The quantitative estimate of drug-likeness (QED) is 0.762. The van der Waals surface area contributed by atoms with Gasteiger partial charge in [-0.3, -0.25) is 0 Å². The molecular formula is C9H12O4S. The molecule has 1 heterocycles. The van der Waals surface area contributed by atoms with Crippen LogP contribution in [-0.2, 0) is 4.74 Å². The number of aromatic carboxylic acids is 1. The third-order valence-corrected chi connectivity index (χ3v) is 2.71. The number of ether oxygens (including phenoxy) is 2. The molecule has 4 nitrogen and oxygen atoms in total. The normalized spacial score (nSPS) is 10.1. The summed E-state index contributed by atoms with van der Waals surface area (Å²) in [5, 5.41) is 10.6. The Morgan fingerprint density at radius 2 is 2.29 bits per heavy atom. The van der Waals surface area contributed by atoms with Crippen LogP contribution < -0.4 is 4.74 Å². The van der Waals surface area contributed by atoms with E-state index in [-0.39, 0.29) is 4.88 Å². The largest absolute Gasteiger partial charge is 0.489 e. The topological polar surface area (TPSA) is 55.8 Å². The van der Waals surface area contributed by atoms with Gasteiger partial charge in [0.15, 0.2) is 4.88 Å². The Hall–Kier alpha value is -1.07. The number of thiophene rings is 1. The Balaban J connectivity index is 2.72. The lowest BCUT2D eigenvalue weighted by atomic mass is 10.3. The van der Waals surface area contributed by atoms with Gasteiger partial charge < -0.3 is 14.6 Å². The summed E-state index contributed by atoms with van der Waals surface area (Å²) in [4.78, 5) is 11.0. The summed E-state index contributed by atoms with van der Waals surface area (Å²) in [7, 11) is 1.57. The van der Waals surface area contributed by atoms with E-state index in [1.165, 1.54) is 11.3 Å².